The minimum atomic E-state index is -0.248. The molecule has 7 heteroatoms. The van der Waals surface area contributed by atoms with E-state index in [4.69, 9.17) is 5.26 Å². The van der Waals surface area contributed by atoms with E-state index in [1.54, 1.807) is 0 Å². The molecule has 3 unspecified atom stereocenters. The SMILES string of the molecule is C.CSC(C)c1ccc(C)nc1.Cc1ccc(C(C)S(C)=NC#N)cn1.[B]. The fourth-order valence-corrected chi connectivity index (χ4v) is 3.15. The third-order valence-electron chi connectivity index (χ3n) is 3.86. The average molecular weight is 401 g/mol. The van der Waals surface area contributed by atoms with Gasteiger partial charge in [0.05, 0.1) is 0 Å². The molecule has 2 aromatic heterocycles. The van der Waals surface area contributed by atoms with Gasteiger partial charge in [-0.15, -0.1) is 0 Å². The summed E-state index contributed by atoms with van der Waals surface area (Å²) in [5, 5.41) is 9.28. The van der Waals surface area contributed by atoms with E-state index in [0.29, 0.717) is 5.25 Å². The Bertz CT molecular complexity index is 725. The highest BCUT2D eigenvalue weighted by Crippen LogP contribution is 2.24. The fraction of sp³-hybridized carbons (Fsp3) is 0.450. The van der Waals surface area contributed by atoms with Crippen molar-refractivity contribution in [1.29, 1.82) is 5.26 Å². The number of nitriles is 1. The summed E-state index contributed by atoms with van der Waals surface area (Å²) in [4.78, 5) is 8.46. The lowest BCUT2D eigenvalue weighted by atomic mass is 10.2. The largest absolute Gasteiger partial charge is 0.261 e. The number of aryl methyl sites for hydroxylation is 2. The van der Waals surface area contributed by atoms with Gasteiger partial charge in [-0.05, 0) is 63.5 Å². The van der Waals surface area contributed by atoms with E-state index in [9.17, 15) is 0 Å². The lowest BCUT2D eigenvalue weighted by molar-refractivity contribution is 1.05. The Kier molecular flexibility index (Phi) is 14.7. The highest BCUT2D eigenvalue weighted by Gasteiger charge is 2.07. The van der Waals surface area contributed by atoms with Gasteiger partial charge in [0.25, 0.3) is 0 Å². The highest BCUT2D eigenvalue weighted by molar-refractivity contribution is 7.98. The maximum absolute atomic E-state index is 8.45. The van der Waals surface area contributed by atoms with Crippen molar-refractivity contribution < 1.29 is 0 Å². The zero-order valence-electron chi connectivity index (χ0n) is 16.3. The predicted octanol–water partition coefficient (Wildman–Crippen LogP) is 5.43. The first-order valence-corrected chi connectivity index (χ1v) is 11.0. The quantitative estimate of drug-likeness (QED) is 0.506. The van der Waals surface area contributed by atoms with Gasteiger partial charge in [0, 0.05) is 42.7 Å². The predicted molar refractivity (Wildman–Crippen MR) is 122 cm³/mol. The molecule has 2 heterocycles. The van der Waals surface area contributed by atoms with E-state index in [1.807, 2.05) is 62.6 Å². The van der Waals surface area contributed by atoms with E-state index in [-0.39, 0.29) is 31.8 Å². The molecule has 3 atom stereocenters. The number of hydrogen-bond acceptors (Lipinski definition) is 5. The van der Waals surface area contributed by atoms with Gasteiger partial charge in [0.15, 0.2) is 0 Å². The van der Waals surface area contributed by atoms with Gasteiger partial charge in [-0.25, -0.2) is 0 Å². The summed E-state index contributed by atoms with van der Waals surface area (Å²) in [7, 11) is -0.248. The molecule has 0 aliphatic carbocycles. The van der Waals surface area contributed by atoms with Crippen molar-refractivity contribution in [3.8, 4) is 6.19 Å². The maximum Gasteiger partial charge on any atom is 0.212 e. The molecule has 0 aliphatic heterocycles. The minimum Gasteiger partial charge on any atom is -0.261 e. The number of pyridine rings is 2. The van der Waals surface area contributed by atoms with Gasteiger partial charge in [-0.3, -0.25) is 9.97 Å². The smallest absolute Gasteiger partial charge is 0.212 e. The standard InChI is InChI=1S/C10H13N3S.C9H13NS.CH4.B/c1-8-4-5-10(6-12-8)9(2)14(3)13-7-11;1-7-4-5-9(6-10-7)8(2)11-3;;/h4-6,9H,1-3H3;4-6,8H,1-3H3;1H4;. The van der Waals surface area contributed by atoms with E-state index in [2.05, 4.69) is 46.6 Å². The Morgan fingerprint density at radius 3 is 1.89 bits per heavy atom. The Morgan fingerprint density at radius 1 is 1.04 bits per heavy atom. The maximum atomic E-state index is 8.45. The molecule has 2 rings (SSSR count). The Labute approximate surface area is 173 Å². The van der Waals surface area contributed by atoms with Gasteiger partial charge in [-0.1, -0.05) is 30.3 Å². The van der Waals surface area contributed by atoms with Gasteiger partial charge in [0.1, 0.15) is 0 Å². The average Bonchev–Trinajstić information content (AvgIpc) is 2.62. The van der Waals surface area contributed by atoms with Crippen LogP contribution in [-0.4, -0.2) is 30.9 Å². The highest BCUT2D eigenvalue weighted by atomic mass is 32.2. The van der Waals surface area contributed by atoms with Crippen LogP contribution in [0.4, 0.5) is 0 Å². The molecule has 2 aromatic rings. The van der Waals surface area contributed by atoms with Crippen LogP contribution in [0.25, 0.3) is 0 Å². The summed E-state index contributed by atoms with van der Waals surface area (Å²) in [5.74, 6) is 0. The van der Waals surface area contributed by atoms with E-state index < -0.39 is 0 Å². The number of aromatic nitrogens is 2. The summed E-state index contributed by atoms with van der Waals surface area (Å²) < 4.78 is 3.83. The summed E-state index contributed by atoms with van der Waals surface area (Å²) >= 11 is 1.84. The molecule has 0 amide bonds. The monoisotopic (exact) mass is 401 g/mol. The molecule has 3 radical (unpaired) electrons. The number of hydrogen-bond donors (Lipinski definition) is 0. The van der Waals surface area contributed by atoms with Crippen LogP contribution in [0.2, 0.25) is 0 Å². The Morgan fingerprint density at radius 2 is 1.52 bits per heavy atom. The zero-order chi connectivity index (χ0) is 18.8. The second-order valence-electron chi connectivity index (χ2n) is 5.70. The van der Waals surface area contributed by atoms with E-state index in [1.165, 1.54) is 5.56 Å². The van der Waals surface area contributed by atoms with Crippen LogP contribution in [0.1, 0.15) is 54.3 Å². The second-order valence-corrected chi connectivity index (χ2v) is 8.82. The fourth-order valence-electron chi connectivity index (χ4n) is 1.92. The Hall–Kier alpha value is -1.65. The molecule has 0 aliphatic rings. The van der Waals surface area contributed by atoms with E-state index >= 15 is 0 Å². The molecule has 0 saturated carbocycles. The summed E-state index contributed by atoms with van der Waals surface area (Å²) in [5.41, 5.74) is 4.54. The summed E-state index contributed by atoms with van der Waals surface area (Å²) in [6.45, 7) is 8.22. The first kappa shape index (κ1) is 27.6. The molecular weight excluding hydrogens is 371 g/mol. The number of thioether (sulfide) groups is 1. The van der Waals surface area contributed by atoms with Crippen LogP contribution in [0, 0.1) is 25.3 Å². The van der Waals surface area contributed by atoms with Crippen molar-refractivity contribution in [2.75, 3.05) is 12.5 Å². The van der Waals surface area contributed by atoms with Crippen molar-refractivity contribution >= 4 is 30.9 Å². The third kappa shape index (κ3) is 9.74. The first-order valence-electron chi connectivity index (χ1n) is 8.01. The van der Waals surface area contributed by atoms with Crippen molar-refractivity contribution in [2.45, 2.75) is 45.6 Å². The molecule has 0 aromatic carbocycles. The minimum absolute atomic E-state index is 0. The summed E-state index contributed by atoms with van der Waals surface area (Å²) in [6.07, 6.45) is 9.74. The number of nitrogens with zero attached hydrogens (tertiary/aromatic N) is 4. The molecule has 145 valence electrons. The summed E-state index contributed by atoms with van der Waals surface area (Å²) in [6, 6.07) is 8.23. The van der Waals surface area contributed by atoms with Crippen molar-refractivity contribution in [1.82, 2.24) is 9.97 Å². The van der Waals surface area contributed by atoms with Crippen LogP contribution < -0.4 is 0 Å². The molecule has 0 saturated heterocycles. The lowest BCUT2D eigenvalue weighted by Gasteiger charge is -2.10. The molecule has 0 bridgehead atoms. The third-order valence-corrected chi connectivity index (χ3v) is 6.50. The van der Waals surface area contributed by atoms with Crippen molar-refractivity contribution in [2.24, 2.45) is 4.36 Å². The molecule has 4 nitrogen and oxygen atoms in total. The zero-order valence-corrected chi connectivity index (χ0v) is 17.9. The van der Waals surface area contributed by atoms with Crippen LogP contribution >= 0.6 is 11.8 Å². The van der Waals surface area contributed by atoms with Crippen LogP contribution in [0.5, 0.6) is 0 Å². The molecular formula is C20H30BN4S2. The molecule has 27 heavy (non-hydrogen) atoms. The molecule has 0 spiro atoms. The normalized spacial score (nSPS) is 12.9. The van der Waals surface area contributed by atoms with Gasteiger partial charge in [-0.2, -0.15) is 21.4 Å². The van der Waals surface area contributed by atoms with E-state index in [0.717, 1.165) is 17.0 Å². The Balaban J connectivity index is 0. The molecule has 0 N–H and O–H groups in total. The van der Waals surface area contributed by atoms with Crippen molar-refractivity contribution in [3.63, 3.8) is 0 Å². The van der Waals surface area contributed by atoms with Gasteiger partial charge < -0.3 is 0 Å². The van der Waals surface area contributed by atoms with Crippen molar-refractivity contribution in [3.05, 3.63) is 59.2 Å². The van der Waals surface area contributed by atoms with Crippen LogP contribution in [0.3, 0.4) is 0 Å². The van der Waals surface area contributed by atoms with Gasteiger partial charge in [0.2, 0.25) is 6.19 Å². The molecule has 0 fully saturated rings. The second kappa shape index (κ2) is 14.4. The van der Waals surface area contributed by atoms with Crippen LogP contribution in [-0.2, 0) is 10.7 Å². The van der Waals surface area contributed by atoms with Gasteiger partial charge >= 0.3 is 0 Å². The topological polar surface area (TPSA) is 61.9 Å². The lowest BCUT2D eigenvalue weighted by Crippen LogP contribution is -2.00. The number of rotatable bonds is 4. The van der Waals surface area contributed by atoms with Crippen LogP contribution in [0.15, 0.2) is 41.0 Å². The first-order chi connectivity index (χ1) is 11.9.